The Labute approximate surface area is 147 Å². The van der Waals surface area contributed by atoms with Gasteiger partial charge in [0, 0.05) is 23.7 Å². The number of nitrogen functional groups attached to an aromatic ring is 1. The number of methoxy groups -OCH3 is 1. The normalized spacial score (nSPS) is 11.0. The molecular formula is C17H14N6O3. The van der Waals surface area contributed by atoms with Crippen molar-refractivity contribution in [2.24, 2.45) is 0 Å². The zero-order valence-electron chi connectivity index (χ0n) is 14.0. The van der Waals surface area contributed by atoms with Gasteiger partial charge in [-0.05, 0) is 19.1 Å². The lowest BCUT2D eigenvalue weighted by Gasteiger charge is -2.10. The molecule has 0 saturated carbocycles. The van der Waals surface area contributed by atoms with Crippen LogP contribution in [0.5, 0.6) is 0 Å². The van der Waals surface area contributed by atoms with Gasteiger partial charge in [-0.2, -0.15) is 0 Å². The van der Waals surface area contributed by atoms with Gasteiger partial charge in [-0.1, -0.05) is 0 Å². The number of carbonyl (C=O) groups excluding carboxylic acids is 1. The molecule has 0 aliphatic carbocycles. The second-order valence-electron chi connectivity index (χ2n) is 5.53. The van der Waals surface area contributed by atoms with Crippen LogP contribution in [0.3, 0.4) is 0 Å². The minimum absolute atomic E-state index is 0.0614. The molecule has 0 saturated heterocycles. The van der Waals surface area contributed by atoms with E-state index in [0.717, 1.165) is 11.3 Å². The van der Waals surface area contributed by atoms with Gasteiger partial charge in [-0.15, -0.1) is 0 Å². The molecule has 9 nitrogen and oxygen atoms in total. The molecule has 0 aliphatic rings. The number of aromatic nitrogens is 5. The van der Waals surface area contributed by atoms with Gasteiger partial charge < -0.3 is 19.3 Å². The fraction of sp³-hybridized carbons (Fsp3) is 0.118. The molecule has 0 radical (unpaired) electrons. The molecule has 0 aromatic carbocycles. The van der Waals surface area contributed by atoms with E-state index >= 15 is 0 Å². The van der Waals surface area contributed by atoms with Crippen molar-refractivity contribution >= 4 is 17.4 Å². The van der Waals surface area contributed by atoms with Crippen LogP contribution in [0.4, 0.5) is 5.82 Å². The molecule has 4 heterocycles. The zero-order chi connectivity index (χ0) is 18.3. The predicted molar refractivity (Wildman–Crippen MR) is 92.2 cm³/mol. The van der Waals surface area contributed by atoms with Crippen LogP contribution in [0.25, 0.3) is 28.5 Å². The molecule has 0 spiro atoms. The monoisotopic (exact) mass is 350 g/mol. The summed E-state index contributed by atoms with van der Waals surface area (Å²) in [7, 11) is 1.26. The van der Waals surface area contributed by atoms with Crippen molar-refractivity contribution in [2.75, 3.05) is 12.8 Å². The second kappa shape index (κ2) is 5.96. The quantitative estimate of drug-likeness (QED) is 0.558. The smallest absolute Gasteiger partial charge is 0.360 e. The largest absolute Gasteiger partial charge is 0.464 e. The number of imidazole rings is 1. The Morgan fingerprint density at radius 1 is 1.23 bits per heavy atom. The Hall–Kier alpha value is -3.75. The summed E-state index contributed by atoms with van der Waals surface area (Å²) in [6.07, 6.45) is 6.54. The number of hydrogen-bond donors (Lipinski definition) is 1. The van der Waals surface area contributed by atoms with Crippen LogP contribution in [0.15, 0.2) is 41.4 Å². The van der Waals surface area contributed by atoms with Gasteiger partial charge in [0.15, 0.2) is 17.2 Å². The van der Waals surface area contributed by atoms with Crippen molar-refractivity contribution in [1.82, 2.24) is 24.3 Å². The first kappa shape index (κ1) is 15.8. The number of ether oxygens (including phenoxy) is 1. The Morgan fingerprint density at radius 3 is 2.81 bits per heavy atom. The maximum atomic E-state index is 12.0. The topological polar surface area (TPSA) is 121 Å². The third kappa shape index (κ3) is 2.46. The van der Waals surface area contributed by atoms with Crippen LogP contribution >= 0.6 is 0 Å². The van der Waals surface area contributed by atoms with Gasteiger partial charge in [-0.25, -0.2) is 24.7 Å². The number of aryl methyl sites for hydroxylation is 1. The van der Waals surface area contributed by atoms with Crippen molar-refractivity contribution in [3.63, 3.8) is 0 Å². The van der Waals surface area contributed by atoms with Crippen molar-refractivity contribution in [3.8, 4) is 22.8 Å². The van der Waals surface area contributed by atoms with E-state index in [9.17, 15) is 4.79 Å². The standard InChI is InChI=1S/C17H14N6O3/c1-9-7-20-11-4-3-10(8-23(9)11)12-13(16-19-5-6-26-16)22-15(18)14(21-12)17(24)25-2/h3-8H,1-2H3,(H2,18,22). The number of carbonyl (C=O) groups is 1. The number of rotatable bonds is 3. The average Bonchev–Trinajstić information content (AvgIpc) is 3.31. The highest BCUT2D eigenvalue weighted by atomic mass is 16.5. The predicted octanol–water partition coefficient (Wildman–Crippen LogP) is 2.12. The first-order valence-corrected chi connectivity index (χ1v) is 7.68. The Balaban J connectivity index is 1.99. The van der Waals surface area contributed by atoms with E-state index in [1.165, 1.54) is 19.6 Å². The number of nitrogens with two attached hydrogens (primary N) is 1. The maximum Gasteiger partial charge on any atom is 0.360 e. The van der Waals surface area contributed by atoms with Crippen molar-refractivity contribution < 1.29 is 13.9 Å². The third-order valence-electron chi connectivity index (χ3n) is 3.90. The molecule has 4 aromatic rings. The van der Waals surface area contributed by atoms with Crippen LogP contribution in [-0.2, 0) is 4.74 Å². The van der Waals surface area contributed by atoms with Gasteiger partial charge in [-0.3, -0.25) is 0 Å². The molecule has 0 unspecified atom stereocenters. The van der Waals surface area contributed by atoms with E-state index in [4.69, 9.17) is 14.9 Å². The minimum Gasteiger partial charge on any atom is -0.464 e. The molecule has 0 atom stereocenters. The van der Waals surface area contributed by atoms with E-state index in [1.54, 1.807) is 6.20 Å². The number of anilines is 1. The number of pyridine rings is 1. The SMILES string of the molecule is COC(=O)c1nc(-c2ccc3ncc(C)n3c2)c(-c2ncco2)nc1N. The van der Waals surface area contributed by atoms with Crippen LogP contribution in [0, 0.1) is 6.92 Å². The Morgan fingerprint density at radius 2 is 2.08 bits per heavy atom. The van der Waals surface area contributed by atoms with Gasteiger partial charge >= 0.3 is 5.97 Å². The zero-order valence-corrected chi connectivity index (χ0v) is 14.0. The van der Waals surface area contributed by atoms with Crippen molar-refractivity contribution in [2.45, 2.75) is 6.92 Å². The van der Waals surface area contributed by atoms with Gasteiger partial charge in [0.2, 0.25) is 5.89 Å². The molecule has 0 amide bonds. The Bertz CT molecular complexity index is 1120. The second-order valence-corrected chi connectivity index (χ2v) is 5.53. The van der Waals surface area contributed by atoms with Gasteiger partial charge in [0.05, 0.1) is 13.3 Å². The molecule has 0 aliphatic heterocycles. The summed E-state index contributed by atoms with van der Waals surface area (Å²) in [6.45, 7) is 1.94. The third-order valence-corrected chi connectivity index (χ3v) is 3.90. The molecule has 130 valence electrons. The lowest BCUT2D eigenvalue weighted by atomic mass is 10.1. The van der Waals surface area contributed by atoms with Crippen molar-refractivity contribution in [3.05, 3.63) is 48.4 Å². The molecule has 4 rings (SSSR count). The van der Waals surface area contributed by atoms with Crippen molar-refractivity contribution in [1.29, 1.82) is 0 Å². The van der Waals surface area contributed by atoms with Crippen LogP contribution in [-0.4, -0.2) is 37.4 Å². The molecular weight excluding hydrogens is 336 g/mol. The minimum atomic E-state index is -0.671. The summed E-state index contributed by atoms with van der Waals surface area (Å²) in [4.78, 5) is 29.1. The number of oxazole rings is 1. The summed E-state index contributed by atoms with van der Waals surface area (Å²) in [5.41, 5.74) is 9.00. The molecule has 0 fully saturated rings. The van der Waals surface area contributed by atoms with E-state index in [0.29, 0.717) is 17.0 Å². The van der Waals surface area contributed by atoms with E-state index < -0.39 is 5.97 Å². The van der Waals surface area contributed by atoms with Crippen LogP contribution < -0.4 is 5.73 Å². The molecule has 0 bridgehead atoms. The first-order chi connectivity index (χ1) is 12.6. The first-order valence-electron chi connectivity index (χ1n) is 7.68. The highest BCUT2D eigenvalue weighted by Crippen LogP contribution is 2.30. The molecule has 4 aromatic heterocycles. The lowest BCUT2D eigenvalue weighted by Crippen LogP contribution is -2.12. The molecule has 26 heavy (non-hydrogen) atoms. The van der Waals surface area contributed by atoms with E-state index in [-0.39, 0.29) is 17.4 Å². The fourth-order valence-corrected chi connectivity index (χ4v) is 2.63. The highest BCUT2D eigenvalue weighted by molar-refractivity contribution is 5.93. The molecule has 9 heteroatoms. The van der Waals surface area contributed by atoms with Gasteiger partial charge in [0.1, 0.15) is 17.6 Å². The summed E-state index contributed by atoms with van der Waals surface area (Å²) in [6, 6.07) is 3.67. The number of hydrogen-bond acceptors (Lipinski definition) is 8. The van der Waals surface area contributed by atoms with Crippen LogP contribution in [0.1, 0.15) is 16.2 Å². The number of fused-ring (bicyclic) bond motifs is 1. The number of esters is 1. The number of nitrogens with zero attached hydrogens (tertiary/aromatic N) is 5. The fourth-order valence-electron chi connectivity index (χ4n) is 2.63. The average molecular weight is 350 g/mol. The molecule has 2 N–H and O–H groups in total. The summed E-state index contributed by atoms with van der Waals surface area (Å²) in [5.74, 6) is -0.484. The van der Waals surface area contributed by atoms with Gasteiger partial charge in [0.25, 0.3) is 0 Å². The van der Waals surface area contributed by atoms with Crippen LogP contribution in [0.2, 0.25) is 0 Å². The summed E-state index contributed by atoms with van der Waals surface area (Å²) < 4.78 is 12.0. The summed E-state index contributed by atoms with van der Waals surface area (Å²) in [5, 5.41) is 0. The Kier molecular flexibility index (Phi) is 3.61. The van der Waals surface area contributed by atoms with E-state index in [2.05, 4.69) is 19.9 Å². The highest BCUT2D eigenvalue weighted by Gasteiger charge is 2.22. The maximum absolute atomic E-state index is 12.0. The lowest BCUT2D eigenvalue weighted by molar-refractivity contribution is 0.0595. The van der Waals surface area contributed by atoms with E-state index in [1.807, 2.05) is 29.7 Å². The summed E-state index contributed by atoms with van der Waals surface area (Å²) >= 11 is 0.